The summed E-state index contributed by atoms with van der Waals surface area (Å²) < 4.78 is 27.5. The molecule has 0 bridgehead atoms. The van der Waals surface area contributed by atoms with Crippen LogP contribution in [-0.2, 0) is 10.0 Å². The molecule has 33 heavy (non-hydrogen) atoms. The first kappa shape index (κ1) is 23.5. The lowest BCUT2D eigenvalue weighted by Gasteiger charge is -2.23. The number of carbonyl (C=O) groups excluding carboxylic acids is 1. The molecule has 1 aliphatic heterocycles. The van der Waals surface area contributed by atoms with Gasteiger partial charge in [-0.05, 0) is 55.0 Å². The summed E-state index contributed by atoms with van der Waals surface area (Å²) in [5, 5.41) is 3.66. The van der Waals surface area contributed by atoms with E-state index < -0.39 is 10.0 Å². The number of pyridine rings is 1. The number of carbonyl (C=O) groups is 1. The Morgan fingerprint density at radius 1 is 0.909 bits per heavy atom. The molecule has 2 aromatic carbocycles. The summed E-state index contributed by atoms with van der Waals surface area (Å²) in [6.07, 6.45) is 2.25. The molecule has 3 aromatic rings. The molecule has 1 saturated heterocycles. The van der Waals surface area contributed by atoms with E-state index in [9.17, 15) is 13.2 Å². The fourth-order valence-electron chi connectivity index (χ4n) is 3.61. The average Bonchev–Trinajstić information content (AvgIpc) is 3.07. The molecule has 4 rings (SSSR count). The number of rotatable bonds is 5. The van der Waals surface area contributed by atoms with Crippen molar-refractivity contribution in [2.75, 3.05) is 36.4 Å². The zero-order chi connectivity index (χ0) is 23.4. The highest BCUT2D eigenvalue weighted by molar-refractivity contribution is 7.89. The summed E-state index contributed by atoms with van der Waals surface area (Å²) in [6, 6.07) is 16.6. The maximum atomic E-state index is 13.0. The van der Waals surface area contributed by atoms with Crippen LogP contribution >= 0.6 is 23.2 Å². The Labute approximate surface area is 203 Å². The van der Waals surface area contributed by atoms with Crippen molar-refractivity contribution < 1.29 is 13.2 Å². The molecule has 2 heterocycles. The number of anilines is 2. The zero-order valence-electron chi connectivity index (χ0n) is 17.6. The Bertz CT molecular complexity index is 1240. The van der Waals surface area contributed by atoms with Gasteiger partial charge in [0, 0.05) is 31.2 Å². The number of halogens is 2. The SMILES string of the molecule is O=C(Nc1ccc(N2CCCN(S(=O)(=O)c3ccc(Cl)cc3)CC2)nc1)c1ccccc1Cl. The molecule has 172 valence electrons. The monoisotopic (exact) mass is 504 g/mol. The molecule has 0 saturated carbocycles. The first-order valence-electron chi connectivity index (χ1n) is 10.4. The van der Waals surface area contributed by atoms with Crippen molar-refractivity contribution in [3.05, 3.63) is 82.5 Å². The fraction of sp³-hybridized carbons (Fsp3) is 0.217. The Hall–Kier alpha value is -2.65. The second-order valence-corrected chi connectivity index (χ2v) is 10.3. The van der Waals surface area contributed by atoms with Crippen LogP contribution in [0.1, 0.15) is 16.8 Å². The highest BCUT2D eigenvalue weighted by Crippen LogP contribution is 2.23. The summed E-state index contributed by atoms with van der Waals surface area (Å²) in [4.78, 5) is 19.2. The molecule has 0 radical (unpaired) electrons. The Kier molecular flexibility index (Phi) is 7.19. The lowest BCUT2D eigenvalue weighted by Crippen LogP contribution is -2.35. The summed E-state index contributed by atoms with van der Waals surface area (Å²) in [5.74, 6) is 0.407. The number of benzene rings is 2. The Balaban J connectivity index is 1.40. The van der Waals surface area contributed by atoms with E-state index in [1.54, 1.807) is 48.7 Å². The van der Waals surface area contributed by atoms with Gasteiger partial charge < -0.3 is 10.2 Å². The smallest absolute Gasteiger partial charge is 0.257 e. The molecule has 10 heteroatoms. The lowest BCUT2D eigenvalue weighted by atomic mass is 10.2. The van der Waals surface area contributed by atoms with Crippen LogP contribution in [0.2, 0.25) is 10.0 Å². The largest absolute Gasteiger partial charge is 0.355 e. The molecule has 1 fully saturated rings. The van der Waals surface area contributed by atoms with Crippen LogP contribution in [0.15, 0.2) is 71.8 Å². The van der Waals surface area contributed by atoms with Gasteiger partial charge in [-0.15, -0.1) is 0 Å². The maximum Gasteiger partial charge on any atom is 0.257 e. The second kappa shape index (κ2) is 10.1. The number of nitrogens with zero attached hydrogens (tertiary/aromatic N) is 3. The van der Waals surface area contributed by atoms with Gasteiger partial charge in [0.25, 0.3) is 5.91 Å². The van der Waals surface area contributed by atoms with E-state index in [-0.39, 0.29) is 10.8 Å². The number of amides is 1. The quantitative estimate of drug-likeness (QED) is 0.551. The molecule has 1 aromatic heterocycles. The van der Waals surface area contributed by atoms with Crippen molar-refractivity contribution in [1.29, 1.82) is 0 Å². The van der Waals surface area contributed by atoms with E-state index in [2.05, 4.69) is 10.3 Å². The number of nitrogens with one attached hydrogen (secondary N) is 1. The number of hydrogen-bond donors (Lipinski definition) is 1. The van der Waals surface area contributed by atoms with Crippen LogP contribution in [0, 0.1) is 0 Å². The van der Waals surface area contributed by atoms with Crippen molar-refractivity contribution >= 4 is 50.6 Å². The molecule has 1 amide bonds. The minimum Gasteiger partial charge on any atom is -0.355 e. The molecule has 0 spiro atoms. The molecule has 0 unspecified atom stereocenters. The van der Waals surface area contributed by atoms with Gasteiger partial charge in [-0.25, -0.2) is 13.4 Å². The zero-order valence-corrected chi connectivity index (χ0v) is 19.9. The van der Waals surface area contributed by atoms with E-state index in [1.165, 1.54) is 16.4 Å². The Morgan fingerprint density at radius 2 is 1.67 bits per heavy atom. The predicted octanol–water partition coefficient (Wildman–Crippen LogP) is 4.54. The summed E-state index contributed by atoms with van der Waals surface area (Å²) in [5.41, 5.74) is 0.934. The van der Waals surface area contributed by atoms with Gasteiger partial charge in [0.1, 0.15) is 5.82 Å². The maximum absolute atomic E-state index is 13.0. The normalized spacial score (nSPS) is 15.2. The minimum absolute atomic E-state index is 0.233. The first-order valence-corrected chi connectivity index (χ1v) is 12.6. The van der Waals surface area contributed by atoms with Gasteiger partial charge in [0.15, 0.2) is 0 Å². The molecule has 0 aliphatic carbocycles. The summed E-state index contributed by atoms with van der Waals surface area (Å²) in [7, 11) is -3.59. The third-order valence-corrected chi connectivity index (χ3v) is 7.85. The van der Waals surface area contributed by atoms with Crippen LogP contribution in [0.25, 0.3) is 0 Å². The van der Waals surface area contributed by atoms with E-state index >= 15 is 0 Å². The van der Waals surface area contributed by atoms with Gasteiger partial charge >= 0.3 is 0 Å². The second-order valence-electron chi connectivity index (χ2n) is 7.54. The van der Waals surface area contributed by atoms with Gasteiger partial charge in [-0.1, -0.05) is 35.3 Å². The van der Waals surface area contributed by atoms with Crippen molar-refractivity contribution in [2.24, 2.45) is 0 Å². The average molecular weight is 505 g/mol. The summed E-state index contributed by atoms with van der Waals surface area (Å²) in [6.45, 7) is 1.95. The number of aromatic nitrogens is 1. The van der Waals surface area contributed by atoms with Crippen LogP contribution in [0.3, 0.4) is 0 Å². The third-order valence-electron chi connectivity index (χ3n) is 5.35. The van der Waals surface area contributed by atoms with Crippen molar-refractivity contribution in [3.8, 4) is 0 Å². The van der Waals surface area contributed by atoms with Crippen molar-refractivity contribution in [3.63, 3.8) is 0 Å². The van der Waals surface area contributed by atoms with E-state index in [0.29, 0.717) is 53.9 Å². The van der Waals surface area contributed by atoms with Crippen LogP contribution in [0.5, 0.6) is 0 Å². The van der Waals surface area contributed by atoms with Gasteiger partial charge in [-0.2, -0.15) is 4.31 Å². The van der Waals surface area contributed by atoms with Crippen molar-refractivity contribution in [2.45, 2.75) is 11.3 Å². The lowest BCUT2D eigenvalue weighted by molar-refractivity contribution is 0.102. The van der Waals surface area contributed by atoms with Crippen LogP contribution in [0.4, 0.5) is 11.5 Å². The third kappa shape index (κ3) is 5.47. The highest BCUT2D eigenvalue weighted by atomic mass is 35.5. The molecule has 0 atom stereocenters. The predicted molar refractivity (Wildman–Crippen MR) is 131 cm³/mol. The van der Waals surface area contributed by atoms with E-state index in [4.69, 9.17) is 23.2 Å². The molecular formula is C23H22Cl2N4O3S. The summed E-state index contributed by atoms with van der Waals surface area (Å²) >= 11 is 12.0. The minimum atomic E-state index is -3.59. The van der Waals surface area contributed by atoms with Crippen molar-refractivity contribution in [1.82, 2.24) is 9.29 Å². The highest BCUT2D eigenvalue weighted by Gasteiger charge is 2.27. The molecule has 7 nitrogen and oxygen atoms in total. The van der Waals surface area contributed by atoms with Crippen LogP contribution < -0.4 is 10.2 Å². The first-order chi connectivity index (χ1) is 15.8. The van der Waals surface area contributed by atoms with Crippen LogP contribution in [-0.4, -0.2) is 49.8 Å². The fourth-order valence-corrected chi connectivity index (χ4v) is 5.43. The standard InChI is InChI=1S/C23H22Cl2N4O3S/c24-17-6-9-19(10-7-17)33(31,32)29-13-3-12-28(14-15-29)22-11-8-18(16-26-22)27-23(30)20-4-1-2-5-21(20)25/h1-2,4-11,16H,3,12-15H2,(H,27,30). The topological polar surface area (TPSA) is 82.6 Å². The number of sulfonamides is 1. The van der Waals surface area contributed by atoms with Gasteiger partial charge in [0.2, 0.25) is 10.0 Å². The van der Waals surface area contributed by atoms with Gasteiger partial charge in [-0.3, -0.25) is 4.79 Å². The van der Waals surface area contributed by atoms with Gasteiger partial charge in [0.05, 0.1) is 27.4 Å². The van der Waals surface area contributed by atoms with E-state index in [0.717, 1.165) is 5.82 Å². The molecular weight excluding hydrogens is 483 g/mol. The number of hydrogen-bond acceptors (Lipinski definition) is 5. The molecule has 1 aliphatic rings. The Morgan fingerprint density at radius 3 is 2.36 bits per heavy atom. The molecule has 1 N–H and O–H groups in total. The van der Waals surface area contributed by atoms with E-state index in [1.807, 2.05) is 11.0 Å².